The Kier molecular flexibility index (Phi) is 6.30. The van der Waals surface area contributed by atoms with Crippen LogP contribution in [0.15, 0.2) is 54.6 Å². The number of methoxy groups -OCH3 is 4. The molecular formula is C29H34NO4+. The van der Waals surface area contributed by atoms with Gasteiger partial charge in [-0.3, -0.25) is 0 Å². The zero-order chi connectivity index (χ0) is 24.6. The maximum Gasteiger partial charge on any atom is 0.217 e. The minimum absolute atomic E-state index is 0.0142. The Morgan fingerprint density at radius 3 is 1.35 bits per heavy atom. The number of nitrogens with zero attached hydrogens (tertiary/aromatic N) is 1. The minimum atomic E-state index is 0.0142. The van der Waals surface area contributed by atoms with Crippen LogP contribution in [0, 0.1) is 5.41 Å². The summed E-state index contributed by atoms with van der Waals surface area (Å²) >= 11 is 0. The number of rotatable bonds is 6. The van der Waals surface area contributed by atoms with E-state index in [9.17, 15) is 0 Å². The first-order valence-corrected chi connectivity index (χ1v) is 11.5. The predicted octanol–water partition coefficient (Wildman–Crippen LogP) is 6.59. The van der Waals surface area contributed by atoms with Gasteiger partial charge in [-0.25, -0.2) is 0 Å². The first kappa shape index (κ1) is 23.7. The van der Waals surface area contributed by atoms with Crippen molar-refractivity contribution in [1.29, 1.82) is 0 Å². The average Bonchev–Trinajstić information content (AvgIpc) is 2.84. The largest absolute Gasteiger partial charge is 0.496 e. The quantitative estimate of drug-likeness (QED) is 0.240. The summed E-state index contributed by atoms with van der Waals surface area (Å²) in [6.45, 7) is 9.06. The summed E-state index contributed by atoms with van der Waals surface area (Å²) in [6.07, 6.45) is 0. The molecule has 0 fully saturated rings. The first-order valence-electron chi connectivity index (χ1n) is 11.5. The molecular weight excluding hydrogens is 426 g/mol. The maximum absolute atomic E-state index is 5.94. The third-order valence-electron chi connectivity index (χ3n) is 6.79. The zero-order valence-corrected chi connectivity index (χ0v) is 21.4. The van der Waals surface area contributed by atoms with Crippen LogP contribution in [0.4, 0.5) is 0 Å². The molecule has 5 heteroatoms. The van der Waals surface area contributed by atoms with Crippen LogP contribution in [-0.2, 0) is 0 Å². The Labute approximate surface area is 201 Å². The highest BCUT2D eigenvalue weighted by Gasteiger charge is 2.36. The van der Waals surface area contributed by atoms with E-state index < -0.39 is 0 Å². The normalized spacial score (nSPS) is 12.6. The lowest BCUT2D eigenvalue weighted by Gasteiger charge is -2.26. The highest BCUT2D eigenvalue weighted by atomic mass is 16.5. The van der Waals surface area contributed by atoms with E-state index in [1.165, 1.54) is 0 Å². The van der Waals surface area contributed by atoms with Crippen LogP contribution < -0.4 is 23.5 Å². The van der Waals surface area contributed by atoms with Gasteiger partial charge in [-0.1, -0.05) is 39.0 Å². The summed E-state index contributed by atoms with van der Waals surface area (Å²) in [5.41, 5.74) is 4.00. The molecule has 0 amide bonds. The number of ether oxygens (including phenoxy) is 4. The Balaban J connectivity index is 2.39. The summed E-state index contributed by atoms with van der Waals surface area (Å²) in [5.74, 6) is 3.01. The lowest BCUT2D eigenvalue weighted by molar-refractivity contribution is -0.684. The zero-order valence-electron chi connectivity index (χ0n) is 21.4. The molecule has 0 bridgehead atoms. The lowest BCUT2D eigenvalue weighted by atomic mass is 9.86. The fourth-order valence-electron chi connectivity index (χ4n) is 4.69. The molecule has 0 saturated carbocycles. The van der Waals surface area contributed by atoms with Crippen LogP contribution in [0.25, 0.3) is 32.9 Å². The molecule has 0 radical (unpaired) electrons. The number of hydrogen-bond acceptors (Lipinski definition) is 4. The van der Waals surface area contributed by atoms with Gasteiger partial charge in [0.25, 0.3) is 0 Å². The van der Waals surface area contributed by atoms with E-state index >= 15 is 0 Å². The summed E-state index contributed by atoms with van der Waals surface area (Å²) in [6, 6.07) is 18.4. The van der Waals surface area contributed by atoms with Gasteiger partial charge in [0.1, 0.15) is 23.0 Å². The summed E-state index contributed by atoms with van der Waals surface area (Å²) in [7, 11) is 6.79. The number of aromatic nitrogens is 1. The van der Waals surface area contributed by atoms with Crippen molar-refractivity contribution in [3.05, 3.63) is 54.6 Å². The molecule has 178 valence electrons. The van der Waals surface area contributed by atoms with Crippen molar-refractivity contribution in [2.75, 3.05) is 28.4 Å². The number of hydrogen-bond donors (Lipinski definition) is 0. The van der Waals surface area contributed by atoms with E-state index in [-0.39, 0.29) is 11.5 Å². The molecule has 5 nitrogen and oxygen atoms in total. The maximum atomic E-state index is 5.94. The molecule has 0 aliphatic rings. The van der Waals surface area contributed by atoms with E-state index in [1.807, 2.05) is 42.5 Å². The van der Waals surface area contributed by atoms with Gasteiger partial charge in [0.15, 0.2) is 6.04 Å². The van der Waals surface area contributed by atoms with Crippen molar-refractivity contribution in [2.24, 2.45) is 5.41 Å². The minimum Gasteiger partial charge on any atom is -0.496 e. The molecule has 0 aliphatic carbocycles. The molecule has 1 heterocycles. The van der Waals surface area contributed by atoms with Gasteiger partial charge < -0.3 is 18.9 Å². The number of pyridine rings is 1. The summed E-state index contributed by atoms with van der Waals surface area (Å²) in [5, 5.41) is 1.97. The second-order valence-corrected chi connectivity index (χ2v) is 9.53. The van der Waals surface area contributed by atoms with E-state index in [2.05, 4.69) is 44.4 Å². The van der Waals surface area contributed by atoms with Gasteiger partial charge in [-0.2, -0.15) is 4.57 Å². The van der Waals surface area contributed by atoms with Crippen molar-refractivity contribution in [3.8, 4) is 34.1 Å². The SMILES string of the molecule is COc1cccc(OC)c1-c1c2c(OC)cccc2[n+]([C@@H](C)C(C)(C)C)c2cccc(OC)c12. The molecule has 4 aromatic rings. The van der Waals surface area contributed by atoms with Crippen LogP contribution in [0.1, 0.15) is 33.7 Å². The highest BCUT2D eigenvalue weighted by Crippen LogP contribution is 2.49. The van der Waals surface area contributed by atoms with Crippen molar-refractivity contribution in [2.45, 2.75) is 33.7 Å². The monoisotopic (exact) mass is 460 g/mol. The van der Waals surface area contributed by atoms with Crippen LogP contribution in [0.3, 0.4) is 0 Å². The molecule has 0 saturated heterocycles. The van der Waals surface area contributed by atoms with Crippen molar-refractivity contribution >= 4 is 21.8 Å². The first-order chi connectivity index (χ1) is 16.3. The predicted molar refractivity (Wildman–Crippen MR) is 137 cm³/mol. The molecule has 1 aromatic heterocycles. The molecule has 0 unspecified atom stereocenters. The standard InChI is InChI=1S/C29H34NO4/c1-18(29(2,3)4)30-19-12-9-14-21(31-5)25(19)28(26-20(30)13-10-15-22(26)32-6)27-23(33-7)16-11-17-24(27)34-8/h9-18H,1-8H3/q+1/t18-/m0/s1. The van der Waals surface area contributed by atoms with Gasteiger partial charge in [-0.15, -0.1) is 0 Å². The molecule has 3 aromatic carbocycles. The average molecular weight is 461 g/mol. The Morgan fingerprint density at radius 2 is 0.971 bits per heavy atom. The molecule has 0 spiro atoms. The van der Waals surface area contributed by atoms with E-state index in [0.717, 1.165) is 55.9 Å². The van der Waals surface area contributed by atoms with Crippen LogP contribution in [0.5, 0.6) is 23.0 Å². The van der Waals surface area contributed by atoms with Crippen LogP contribution >= 0.6 is 0 Å². The topological polar surface area (TPSA) is 40.8 Å². The summed E-state index contributed by atoms with van der Waals surface area (Å²) in [4.78, 5) is 0. The molecule has 4 rings (SSSR count). The van der Waals surface area contributed by atoms with Crippen LogP contribution in [-0.4, -0.2) is 28.4 Å². The lowest BCUT2D eigenvalue weighted by Crippen LogP contribution is -2.46. The van der Waals surface area contributed by atoms with Gasteiger partial charge in [0, 0.05) is 23.1 Å². The Bertz CT molecular complexity index is 1270. The fraction of sp³-hybridized carbons (Fsp3) is 0.345. The Hall–Kier alpha value is -3.47. The molecule has 34 heavy (non-hydrogen) atoms. The number of fused-ring (bicyclic) bond motifs is 2. The fourth-order valence-corrected chi connectivity index (χ4v) is 4.69. The molecule has 0 N–H and O–H groups in total. The molecule has 1 atom stereocenters. The van der Waals surface area contributed by atoms with Gasteiger partial charge in [0.05, 0.1) is 44.8 Å². The highest BCUT2D eigenvalue weighted by molar-refractivity contribution is 6.13. The van der Waals surface area contributed by atoms with Gasteiger partial charge in [-0.05, 0) is 31.2 Å². The Morgan fingerprint density at radius 1 is 0.588 bits per heavy atom. The third-order valence-corrected chi connectivity index (χ3v) is 6.79. The van der Waals surface area contributed by atoms with Crippen LogP contribution in [0.2, 0.25) is 0 Å². The summed E-state index contributed by atoms with van der Waals surface area (Å²) < 4.78 is 26.0. The van der Waals surface area contributed by atoms with E-state index in [0.29, 0.717) is 0 Å². The van der Waals surface area contributed by atoms with Gasteiger partial charge >= 0.3 is 0 Å². The van der Waals surface area contributed by atoms with E-state index in [4.69, 9.17) is 18.9 Å². The van der Waals surface area contributed by atoms with Gasteiger partial charge in [0.2, 0.25) is 11.0 Å². The van der Waals surface area contributed by atoms with Crippen molar-refractivity contribution in [3.63, 3.8) is 0 Å². The number of benzene rings is 3. The second kappa shape index (κ2) is 9.05. The third kappa shape index (κ3) is 3.69. The smallest absolute Gasteiger partial charge is 0.217 e. The van der Waals surface area contributed by atoms with E-state index in [1.54, 1.807) is 28.4 Å². The molecule has 0 aliphatic heterocycles. The van der Waals surface area contributed by atoms with Crippen molar-refractivity contribution in [1.82, 2.24) is 0 Å². The van der Waals surface area contributed by atoms with Crippen molar-refractivity contribution < 1.29 is 23.5 Å². The second-order valence-electron chi connectivity index (χ2n) is 9.53.